The van der Waals surface area contributed by atoms with Crippen LogP contribution in [0.4, 0.5) is 0 Å². The molecule has 106 valence electrons. The zero-order valence-corrected chi connectivity index (χ0v) is 11.9. The van der Waals surface area contributed by atoms with E-state index in [9.17, 15) is 4.79 Å². The molecular formula is C16H30O2. The van der Waals surface area contributed by atoms with Gasteiger partial charge in [0.25, 0.3) is 0 Å². The molecule has 1 aliphatic rings. The fourth-order valence-electron chi connectivity index (χ4n) is 2.52. The Bertz CT molecular complexity index is 181. The molecule has 0 bridgehead atoms. The molecule has 2 nitrogen and oxygen atoms in total. The van der Waals surface area contributed by atoms with E-state index in [2.05, 4.69) is 0 Å². The number of Topliss-reactive ketones (excluding diaryl/α,β-unsaturated/α-hetero) is 1. The van der Waals surface area contributed by atoms with Crippen LogP contribution in [-0.2, 0) is 9.53 Å². The Labute approximate surface area is 112 Å². The Kier molecular flexibility index (Phi) is 10.2. The summed E-state index contributed by atoms with van der Waals surface area (Å²) in [6.07, 6.45) is 15.2. The van der Waals surface area contributed by atoms with Gasteiger partial charge in [-0.2, -0.15) is 0 Å². The topological polar surface area (TPSA) is 26.3 Å². The smallest absolute Gasteiger partial charge is 0.132 e. The number of hydrogen-bond acceptors (Lipinski definition) is 2. The SMILES string of the molecule is O=C1CCCCCCCCCCOCCCCC1. The standard InChI is InChI=1S/C16H30O2/c17-16-12-8-5-3-1-2-4-6-10-14-18-15-11-7-9-13-16/h1-15H2. The van der Waals surface area contributed by atoms with Crippen molar-refractivity contribution >= 4 is 5.78 Å². The molecule has 0 aromatic rings. The Hall–Kier alpha value is -0.370. The van der Waals surface area contributed by atoms with Gasteiger partial charge in [-0.1, -0.05) is 44.9 Å². The Morgan fingerprint density at radius 2 is 0.944 bits per heavy atom. The molecule has 0 aromatic carbocycles. The van der Waals surface area contributed by atoms with Gasteiger partial charge >= 0.3 is 0 Å². The highest BCUT2D eigenvalue weighted by Crippen LogP contribution is 2.12. The maximum absolute atomic E-state index is 11.6. The van der Waals surface area contributed by atoms with Crippen LogP contribution in [0.1, 0.15) is 83.5 Å². The van der Waals surface area contributed by atoms with Gasteiger partial charge < -0.3 is 4.74 Å². The summed E-state index contributed by atoms with van der Waals surface area (Å²) < 4.78 is 5.60. The summed E-state index contributed by atoms with van der Waals surface area (Å²) in [4.78, 5) is 11.6. The summed E-state index contributed by atoms with van der Waals surface area (Å²) >= 11 is 0. The Morgan fingerprint density at radius 1 is 0.556 bits per heavy atom. The second kappa shape index (κ2) is 11.7. The van der Waals surface area contributed by atoms with E-state index in [1.54, 1.807) is 0 Å². The lowest BCUT2D eigenvalue weighted by Crippen LogP contribution is -1.99. The van der Waals surface area contributed by atoms with Crippen LogP contribution in [0, 0.1) is 0 Å². The molecule has 0 spiro atoms. The maximum Gasteiger partial charge on any atom is 0.132 e. The summed E-state index contributed by atoms with van der Waals surface area (Å²) in [7, 11) is 0. The molecule has 0 radical (unpaired) electrons. The molecule has 0 saturated carbocycles. The molecule has 0 atom stereocenters. The van der Waals surface area contributed by atoms with Crippen LogP contribution in [0.25, 0.3) is 0 Å². The first kappa shape index (κ1) is 15.7. The quantitative estimate of drug-likeness (QED) is 0.628. The number of carbonyl (C=O) groups excluding carboxylic acids is 1. The summed E-state index contributed by atoms with van der Waals surface area (Å²) in [6.45, 7) is 1.81. The normalized spacial score (nSPS) is 23.4. The van der Waals surface area contributed by atoms with E-state index in [-0.39, 0.29) is 0 Å². The van der Waals surface area contributed by atoms with Crippen LogP contribution in [0.3, 0.4) is 0 Å². The first-order chi connectivity index (χ1) is 8.89. The zero-order valence-electron chi connectivity index (χ0n) is 11.9. The lowest BCUT2D eigenvalue weighted by atomic mass is 10.0. The molecule has 1 heterocycles. The molecule has 0 unspecified atom stereocenters. The lowest BCUT2D eigenvalue weighted by molar-refractivity contribution is -0.119. The summed E-state index contributed by atoms with van der Waals surface area (Å²) in [5, 5.41) is 0. The Balaban J connectivity index is 2.11. The first-order valence-electron chi connectivity index (χ1n) is 7.99. The van der Waals surface area contributed by atoms with Gasteiger partial charge in [0.1, 0.15) is 5.78 Å². The van der Waals surface area contributed by atoms with Gasteiger partial charge in [0.15, 0.2) is 0 Å². The second-order valence-electron chi connectivity index (χ2n) is 5.54. The number of hydrogen-bond donors (Lipinski definition) is 0. The first-order valence-corrected chi connectivity index (χ1v) is 7.99. The van der Waals surface area contributed by atoms with Crippen LogP contribution in [0.15, 0.2) is 0 Å². The maximum atomic E-state index is 11.6. The van der Waals surface area contributed by atoms with Gasteiger partial charge in [-0.05, 0) is 25.7 Å². The van der Waals surface area contributed by atoms with E-state index in [1.807, 2.05) is 0 Å². The Morgan fingerprint density at radius 3 is 1.50 bits per heavy atom. The average molecular weight is 254 g/mol. The van der Waals surface area contributed by atoms with Gasteiger partial charge in [0, 0.05) is 26.1 Å². The van der Waals surface area contributed by atoms with Gasteiger partial charge in [-0.15, -0.1) is 0 Å². The van der Waals surface area contributed by atoms with Crippen LogP contribution in [0.2, 0.25) is 0 Å². The molecule has 0 aliphatic carbocycles. The van der Waals surface area contributed by atoms with Crippen LogP contribution in [0.5, 0.6) is 0 Å². The molecule has 1 aliphatic heterocycles. The van der Waals surface area contributed by atoms with Gasteiger partial charge in [0.05, 0.1) is 0 Å². The highest BCUT2D eigenvalue weighted by Gasteiger charge is 2.02. The second-order valence-corrected chi connectivity index (χ2v) is 5.54. The molecule has 1 saturated heterocycles. The van der Waals surface area contributed by atoms with Gasteiger partial charge in [-0.3, -0.25) is 4.79 Å². The van der Waals surface area contributed by atoms with Crippen molar-refractivity contribution in [2.75, 3.05) is 13.2 Å². The molecule has 0 amide bonds. The third kappa shape index (κ3) is 9.64. The fourth-order valence-corrected chi connectivity index (χ4v) is 2.52. The van der Waals surface area contributed by atoms with Crippen LogP contribution < -0.4 is 0 Å². The van der Waals surface area contributed by atoms with Crippen molar-refractivity contribution in [1.29, 1.82) is 0 Å². The monoisotopic (exact) mass is 254 g/mol. The van der Waals surface area contributed by atoms with E-state index in [0.717, 1.165) is 51.7 Å². The van der Waals surface area contributed by atoms with Crippen molar-refractivity contribution < 1.29 is 9.53 Å². The van der Waals surface area contributed by atoms with Crippen LogP contribution in [-0.4, -0.2) is 19.0 Å². The number of ether oxygens (including phenoxy) is 1. The predicted octanol–water partition coefficient (Wildman–Crippen LogP) is 4.66. The minimum Gasteiger partial charge on any atom is -0.381 e. The highest BCUT2D eigenvalue weighted by atomic mass is 16.5. The third-order valence-electron chi connectivity index (χ3n) is 3.74. The molecule has 18 heavy (non-hydrogen) atoms. The van der Waals surface area contributed by atoms with E-state index in [4.69, 9.17) is 4.74 Å². The molecule has 1 rings (SSSR count). The molecule has 2 heteroatoms. The number of ketones is 1. The molecule has 1 fully saturated rings. The molecular weight excluding hydrogens is 224 g/mol. The van der Waals surface area contributed by atoms with Crippen molar-refractivity contribution in [3.05, 3.63) is 0 Å². The molecule has 0 aromatic heterocycles. The van der Waals surface area contributed by atoms with E-state index in [1.165, 1.54) is 44.9 Å². The van der Waals surface area contributed by atoms with Crippen molar-refractivity contribution in [3.63, 3.8) is 0 Å². The highest BCUT2D eigenvalue weighted by molar-refractivity contribution is 5.78. The van der Waals surface area contributed by atoms with E-state index < -0.39 is 0 Å². The summed E-state index contributed by atoms with van der Waals surface area (Å²) in [5.74, 6) is 0.472. The largest absolute Gasteiger partial charge is 0.381 e. The van der Waals surface area contributed by atoms with E-state index >= 15 is 0 Å². The van der Waals surface area contributed by atoms with Crippen LogP contribution >= 0.6 is 0 Å². The lowest BCUT2D eigenvalue weighted by Gasteiger charge is -2.04. The van der Waals surface area contributed by atoms with Crippen molar-refractivity contribution in [2.45, 2.75) is 83.5 Å². The predicted molar refractivity (Wildman–Crippen MR) is 75.8 cm³/mol. The number of carbonyl (C=O) groups is 1. The summed E-state index contributed by atoms with van der Waals surface area (Å²) in [5.41, 5.74) is 0. The minimum atomic E-state index is 0.472. The summed E-state index contributed by atoms with van der Waals surface area (Å²) in [6, 6.07) is 0. The van der Waals surface area contributed by atoms with Crippen molar-refractivity contribution in [3.8, 4) is 0 Å². The van der Waals surface area contributed by atoms with Gasteiger partial charge in [0.2, 0.25) is 0 Å². The fraction of sp³-hybridized carbons (Fsp3) is 0.938. The average Bonchev–Trinajstić information content (AvgIpc) is 2.37. The zero-order chi connectivity index (χ0) is 12.9. The van der Waals surface area contributed by atoms with Gasteiger partial charge in [-0.25, -0.2) is 0 Å². The third-order valence-corrected chi connectivity index (χ3v) is 3.74. The molecule has 0 N–H and O–H groups in total. The number of rotatable bonds is 0. The van der Waals surface area contributed by atoms with E-state index in [0.29, 0.717) is 5.78 Å². The minimum absolute atomic E-state index is 0.472. The van der Waals surface area contributed by atoms with Crippen molar-refractivity contribution in [1.82, 2.24) is 0 Å². The van der Waals surface area contributed by atoms with Crippen molar-refractivity contribution in [2.24, 2.45) is 0 Å².